The number of anilines is 5. The zero-order chi connectivity index (χ0) is 35.5. The largest absolute Gasteiger partial charge is 0.333 e. The van der Waals surface area contributed by atoms with Crippen LogP contribution in [-0.4, -0.2) is 10.6 Å². The lowest BCUT2D eigenvalue weighted by atomic mass is 9.91. The molecule has 254 valence electrons. The van der Waals surface area contributed by atoms with Gasteiger partial charge in [-0.3, -0.25) is 0 Å². The fourth-order valence-corrected chi connectivity index (χ4v) is 8.71. The molecule has 7 aromatic carbocycles. The van der Waals surface area contributed by atoms with Gasteiger partial charge < -0.3 is 14.4 Å². The molecule has 3 heteroatoms. The molecular weight excluding hydrogens is 643 g/mol. The minimum Gasteiger partial charge on any atom is -0.333 e. The molecule has 0 amide bonds. The van der Waals surface area contributed by atoms with E-state index >= 15 is 0 Å². The monoisotopic (exact) mass is 681 g/mol. The standard InChI is InChI=1S/C50H39N3/c1-34-32-39(28-30-45(34)52-47-20-10-6-16-41(47)42-17-7-11-21-48(42)52)51(38-26-24-37(25-27-38)36-14-4-3-5-15-36)40-29-31-46(35(2)33-40)53-49-22-12-8-18-43(49)44-19-9-13-23-50(44)53/h3-33,41,47H,1-2H3. The van der Waals surface area contributed by atoms with Gasteiger partial charge in [-0.1, -0.05) is 121 Å². The number of benzene rings is 7. The highest BCUT2D eigenvalue weighted by Crippen LogP contribution is 2.49. The summed E-state index contributed by atoms with van der Waals surface area (Å²) in [4.78, 5) is 4.93. The molecule has 1 aliphatic carbocycles. The summed E-state index contributed by atoms with van der Waals surface area (Å²) < 4.78 is 2.41. The van der Waals surface area contributed by atoms with E-state index in [1.807, 2.05) is 0 Å². The summed E-state index contributed by atoms with van der Waals surface area (Å²) in [6.45, 7) is 4.49. The van der Waals surface area contributed by atoms with Gasteiger partial charge in [-0.25, -0.2) is 0 Å². The zero-order valence-corrected chi connectivity index (χ0v) is 29.9. The fourth-order valence-electron chi connectivity index (χ4n) is 8.71. The van der Waals surface area contributed by atoms with Gasteiger partial charge in [0.2, 0.25) is 0 Å². The van der Waals surface area contributed by atoms with Crippen LogP contribution in [-0.2, 0) is 0 Å². The van der Waals surface area contributed by atoms with Crippen LogP contribution in [0.25, 0.3) is 38.6 Å². The number of nitrogens with zero attached hydrogens (tertiary/aromatic N) is 3. The number of allylic oxidation sites excluding steroid dienone is 2. The molecule has 0 radical (unpaired) electrons. The number of rotatable bonds is 6. The van der Waals surface area contributed by atoms with E-state index in [0.717, 1.165) is 17.1 Å². The molecule has 2 heterocycles. The summed E-state index contributed by atoms with van der Waals surface area (Å²) in [6, 6.07) is 60.1. The molecule has 0 saturated carbocycles. The molecule has 2 aliphatic rings. The van der Waals surface area contributed by atoms with Crippen molar-refractivity contribution in [2.75, 3.05) is 9.80 Å². The molecule has 1 aliphatic heterocycles. The minimum atomic E-state index is 0.264. The summed E-state index contributed by atoms with van der Waals surface area (Å²) in [7, 11) is 0. The van der Waals surface area contributed by atoms with Gasteiger partial charge in [0.05, 0.1) is 17.1 Å². The average Bonchev–Trinajstić information content (AvgIpc) is 3.72. The summed E-state index contributed by atoms with van der Waals surface area (Å²) in [5, 5.41) is 2.54. The van der Waals surface area contributed by atoms with Crippen LogP contribution < -0.4 is 9.80 Å². The first-order chi connectivity index (χ1) is 26.1. The first kappa shape index (κ1) is 31.2. The molecule has 1 aromatic heterocycles. The minimum absolute atomic E-state index is 0.264. The highest BCUT2D eigenvalue weighted by molar-refractivity contribution is 6.09. The topological polar surface area (TPSA) is 11.4 Å². The molecule has 53 heavy (non-hydrogen) atoms. The third kappa shape index (κ3) is 5.11. The molecule has 0 fully saturated rings. The molecule has 0 saturated heterocycles. The normalized spacial score (nSPS) is 15.9. The van der Waals surface area contributed by atoms with Crippen molar-refractivity contribution < 1.29 is 0 Å². The first-order valence-corrected chi connectivity index (χ1v) is 18.5. The Labute approximate surface area is 311 Å². The highest BCUT2D eigenvalue weighted by Gasteiger charge is 2.37. The molecule has 0 N–H and O–H groups in total. The summed E-state index contributed by atoms with van der Waals surface area (Å²) in [6.07, 6.45) is 9.07. The van der Waals surface area contributed by atoms with Gasteiger partial charge in [-0.05, 0) is 108 Å². The van der Waals surface area contributed by atoms with Crippen LogP contribution >= 0.6 is 0 Å². The smallest absolute Gasteiger partial charge is 0.0629 e. The van der Waals surface area contributed by atoms with Crippen LogP contribution in [0.2, 0.25) is 0 Å². The molecular formula is C50H39N3. The second kappa shape index (κ2) is 12.6. The quantitative estimate of drug-likeness (QED) is 0.173. The van der Waals surface area contributed by atoms with Crippen molar-refractivity contribution in [1.82, 2.24) is 4.57 Å². The predicted molar refractivity (Wildman–Crippen MR) is 224 cm³/mol. The van der Waals surface area contributed by atoms with Crippen molar-refractivity contribution in [1.29, 1.82) is 0 Å². The van der Waals surface area contributed by atoms with Crippen LogP contribution in [0.5, 0.6) is 0 Å². The van der Waals surface area contributed by atoms with Crippen molar-refractivity contribution in [3.05, 3.63) is 205 Å². The van der Waals surface area contributed by atoms with Crippen molar-refractivity contribution in [3.8, 4) is 16.8 Å². The van der Waals surface area contributed by atoms with Crippen LogP contribution in [0.3, 0.4) is 0 Å². The lowest BCUT2D eigenvalue weighted by Crippen LogP contribution is -2.29. The molecule has 2 unspecified atom stereocenters. The third-order valence-corrected chi connectivity index (χ3v) is 11.1. The van der Waals surface area contributed by atoms with Crippen molar-refractivity contribution in [3.63, 3.8) is 0 Å². The van der Waals surface area contributed by atoms with Gasteiger partial charge in [0.25, 0.3) is 0 Å². The molecule has 0 spiro atoms. The first-order valence-electron chi connectivity index (χ1n) is 18.5. The maximum absolute atomic E-state index is 2.53. The van der Waals surface area contributed by atoms with Crippen LogP contribution in [0.1, 0.15) is 22.6 Å². The number of aryl methyl sites for hydroxylation is 2. The predicted octanol–water partition coefficient (Wildman–Crippen LogP) is 13.3. The molecule has 10 rings (SSSR count). The number of aromatic nitrogens is 1. The second-order valence-corrected chi connectivity index (χ2v) is 14.3. The van der Waals surface area contributed by atoms with E-state index in [-0.39, 0.29) is 6.04 Å². The Hall–Kier alpha value is -6.58. The van der Waals surface area contributed by atoms with E-state index in [2.05, 4.69) is 216 Å². The molecule has 2 atom stereocenters. The lowest BCUT2D eigenvalue weighted by Gasteiger charge is -2.32. The Bertz CT molecular complexity index is 2660. The third-order valence-electron chi connectivity index (χ3n) is 11.1. The van der Waals surface area contributed by atoms with E-state index in [9.17, 15) is 0 Å². The van der Waals surface area contributed by atoms with Crippen LogP contribution in [0.4, 0.5) is 28.4 Å². The second-order valence-electron chi connectivity index (χ2n) is 14.3. The van der Waals surface area contributed by atoms with E-state index in [1.54, 1.807) is 0 Å². The molecule has 0 bridgehead atoms. The maximum atomic E-state index is 2.53. The Morgan fingerprint density at radius 1 is 0.453 bits per heavy atom. The van der Waals surface area contributed by atoms with Gasteiger partial charge in [0.15, 0.2) is 0 Å². The van der Waals surface area contributed by atoms with Gasteiger partial charge in [0, 0.05) is 50.8 Å². The van der Waals surface area contributed by atoms with Crippen molar-refractivity contribution in [2.24, 2.45) is 0 Å². The van der Waals surface area contributed by atoms with Gasteiger partial charge >= 0.3 is 0 Å². The SMILES string of the molecule is Cc1cc(N(c2ccc(-c3ccccc3)cc2)c2ccc(-n3c4ccccc4c4ccccc43)c(C)c2)ccc1N1c2ccccc2C2C=CC=CC21. The Kier molecular flexibility index (Phi) is 7.40. The number of hydrogen-bond donors (Lipinski definition) is 0. The Morgan fingerprint density at radius 2 is 1.00 bits per heavy atom. The Morgan fingerprint density at radius 3 is 1.68 bits per heavy atom. The number of fused-ring (bicyclic) bond motifs is 6. The molecule has 8 aromatic rings. The molecule has 3 nitrogen and oxygen atoms in total. The van der Waals surface area contributed by atoms with Crippen molar-refractivity contribution >= 4 is 50.2 Å². The average molecular weight is 682 g/mol. The Balaban J connectivity index is 1.09. The van der Waals surface area contributed by atoms with Gasteiger partial charge in [-0.15, -0.1) is 0 Å². The van der Waals surface area contributed by atoms with E-state index < -0.39 is 0 Å². The zero-order valence-electron chi connectivity index (χ0n) is 29.9. The lowest BCUT2D eigenvalue weighted by molar-refractivity contribution is 0.743. The maximum Gasteiger partial charge on any atom is 0.0629 e. The van der Waals surface area contributed by atoms with E-state index in [0.29, 0.717) is 5.92 Å². The fraction of sp³-hybridized carbons (Fsp3) is 0.0800. The number of para-hydroxylation sites is 3. The summed E-state index contributed by atoms with van der Waals surface area (Å²) >= 11 is 0. The summed E-state index contributed by atoms with van der Waals surface area (Å²) in [5.74, 6) is 0.353. The van der Waals surface area contributed by atoms with Gasteiger partial charge in [0.1, 0.15) is 0 Å². The summed E-state index contributed by atoms with van der Waals surface area (Å²) in [5.41, 5.74) is 15.8. The van der Waals surface area contributed by atoms with Gasteiger partial charge in [-0.2, -0.15) is 0 Å². The highest BCUT2D eigenvalue weighted by atomic mass is 15.2. The van der Waals surface area contributed by atoms with E-state index in [1.165, 1.54) is 66.7 Å². The number of hydrogen-bond acceptors (Lipinski definition) is 2. The van der Waals surface area contributed by atoms with E-state index in [4.69, 9.17) is 0 Å². The van der Waals surface area contributed by atoms with Crippen LogP contribution in [0.15, 0.2) is 188 Å². The van der Waals surface area contributed by atoms with Crippen LogP contribution in [0, 0.1) is 13.8 Å². The van der Waals surface area contributed by atoms with Crippen molar-refractivity contribution in [2.45, 2.75) is 25.8 Å².